The van der Waals surface area contributed by atoms with Crippen LogP contribution >= 0.6 is 0 Å². The van der Waals surface area contributed by atoms with E-state index in [2.05, 4.69) is 16.6 Å². The van der Waals surface area contributed by atoms with E-state index in [0.717, 1.165) is 12.1 Å². The maximum absolute atomic E-state index is 12.4. The van der Waals surface area contributed by atoms with Crippen molar-refractivity contribution >= 4 is 11.7 Å². The molecule has 0 bridgehead atoms. The van der Waals surface area contributed by atoms with Crippen LogP contribution in [0.1, 0.15) is 13.9 Å². The molecule has 1 aliphatic heterocycles. The predicted molar refractivity (Wildman–Crippen MR) is 97.7 cm³/mol. The highest BCUT2D eigenvalue weighted by Gasteiger charge is 2.31. The number of nitrogens with zero attached hydrogens (tertiary/aromatic N) is 1. The van der Waals surface area contributed by atoms with Gasteiger partial charge in [-0.3, -0.25) is 0 Å². The monoisotopic (exact) mass is 406 g/mol. The van der Waals surface area contributed by atoms with Crippen molar-refractivity contribution in [3.05, 3.63) is 53.6 Å². The Morgan fingerprint density at radius 1 is 1.41 bits per heavy atom. The number of carboxylic acid groups (broad SMARTS) is 1. The molecule has 1 aliphatic rings. The van der Waals surface area contributed by atoms with Gasteiger partial charge in [-0.25, -0.2) is 4.79 Å². The highest BCUT2D eigenvalue weighted by Crippen LogP contribution is 2.42. The molecule has 1 heterocycles. The number of rotatable bonds is 6. The minimum absolute atomic E-state index is 0.0790. The molecule has 150 valence electrons. The summed E-state index contributed by atoms with van der Waals surface area (Å²) in [5.74, 6) is -1.57. The fourth-order valence-electron chi connectivity index (χ4n) is 2.78. The summed E-state index contributed by atoms with van der Waals surface area (Å²) in [5.41, 5.74) is 1.10. The Bertz CT molecular complexity index is 1090. The van der Waals surface area contributed by atoms with Gasteiger partial charge in [0, 0.05) is 29.7 Å². The van der Waals surface area contributed by atoms with E-state index in [-0.39, 0.29) is 41.1 Å². The van der Waals surface area contributed by atoms with Crippen LogP contribution in [-0.2, 0) is 11.2 Å². The summed E-state index contributed by atoms with van der Waals surface area (Å²) < 4.78 is 62.3. The summed E-state index contributed by atoms with van der Waals surface area (Å²) in [7, 11) is 0. The van der Waals surface area contributed by atoms with E-state index < -0.39 is 24.6 Å². The molecular weight excluding hydrogens is 389 g/mol. The molecule has 2 N–H and O–H groups in total. The second kappa shape index (κ2) is 7.75. The lowest BCUT2D eigenvalue weighted by molar-refractivity contribution is -0.274. The number of benzene rings is 2. The van der Waals surface area contributed by atoms with Gasteiger partial charge in [0.05, 0.1) is 20.6 Å². The molecule has 0 saturated carbocycles. The van der Waals surface area contributed by atoms with E-state index in [0.29, 0.717) is 11.1 Å². The van der Waals surface area contributed by atoms with E-state index in [1.165, 1.54) is 18.2 Å². The quantitative estimate of drug-likeness (QED) is 0.702. The van der Waals surface area contributed by atoms with Gasteiger partial charge in [0.25, 0.3) is 0 Å². The number of fused-ring (bicyclic) bond motifs is 1. The molecule has 9 heteroatoms. The van der Waals surface area contributed by atoms with Crippen LogP contribution in [0.15, 0.2) is 42.5 Å². The van der Waals surface area contributed by atoms with Gasteiger partial charge in [0.1, 0.15) is 17.6 Å². The number of alkyl halides is 3. The van der Waals surface area contributed by atoms with Crippen molar-refractivity contribution in [1.29, 1.82) is 5.26 Å². The van der Waals surface area contributed by atoms with Gasteiger partial charge < -0.3 is 19.9 Å². The molecule has 0 aliphatic carbocycles. The molecule has 0 saturated heterocycles. The van der Waals surface area contributed by atoms with Crippen LogP contribution in [0.2, 0.25) is 0 Å². The van der Waals surface area contributed by atoms with Gasteiger partial charge >= 0.3 is 12.3 Å². The van der Waals surface area contributed by atoms with Crippen LogP contribution in [0.3, 0.4) is 0 Å². The molecule has 2 aromatic rings. The summed E-state index contributed by atoms with van der Waals surface area (Å²) in [6.07, 6.45) is -5.08. The molecule has 0 atom stereocenters. The third kappa shape index (κ3) is 4.43. The first-order valence-electron chi connectivity index (χ1n) is 9.20. The van der Waals surface area contributed by atoms with Gasteiger partial charge in [-0.1, -0.05) is 18.7 Å². The van der Waals surface area contributed by atoms with Crippen LogP contribution in [0.5, 0.6) is 11.5 Å². The lowest BCUT2D eigenvalue weighted by Gasteiger charge is -2.16. The summed E-state index contributed by atoms with van der Waals surface area (Å²) >= 11 is 0. The Morgan fingerprint density at radius 2 is 2.10 bits per heavy atom. The van der Waals surface area contributed by atoms with Crippen LogP contribution in [0.4, 0.5) is 18.9 Å². The highest BCUT2D eigenvalue weighted by molar-refractivity contribution is 5.87. The van der Waals surface area contributed by atoms with Crippen LogP contribution in [-0.4, -0.2) is 30.5 Å². The Balaban J connectivity index is 2.06. The smallest absolute Gasteiger partial charge is 0.492 e. The minimum Gasteiger partial charge on any atom is -0.492 e. The second-order valence-electron chi connectivity index (χ2n) is 6.02. The van der Waals surface area contributed by atoms with Crippen LogP contribution in [0.25, 0.3) is 11.1 Å². The SMILES string of the molecule is [2H]C1([2H])Cc2c(C#N)c(NCC(=C)C(=O)O)cc(-c3ccc(OC(F)(F)F)cc3)c2O1. The number of halogens is 3. The Kier molecular flexibility index (Phi) is 4.66. The van der Waals surface area contributed by atoms with Gasteiger partial charge in [-0.05, 0) is 23.8 Å². The third-order valence-corrected chi connectivity index (χ3v) is 4.11. The molecule has 2 aromatic carbocycles. The van der Waals surface area contributed by atoms with E-state index in [4.69, 9.17) is 12.6 Å². The summed E-state index contributed by atoms with van der Waals surface area (Å²) in [5, 5.41) is 21.4. The standard InChI is InChI=1S/C20H15F3N2O4/c1-11(19(26)27)10-25-17-8-15(18-14(6-7-28-18)16(17)9-24)12-2-4-13(5-3-12)29-20(21,22)23/h2-5,8,25H,1,6-7,10H2,(H,26,27)/i7D2. The van der Waals surface area contributed by atoms with Crippen molar-refractivity contribution in [2.45, 2.75) is 12.8 Å². The first-order valence-corrected chi connectivity index (χ1v) is 8.20. The van der Waals surface area contributed by atoms with E-state index in [1.54, 1.807) is 0 Å². The molecule has 0 amide bonds. The minimum atomic E-state index is -4.85. The van der Waals surface area contributed by atoms with E-state index in [1.807, 2.05) is 6.07 Å². The van der Waals surface area contributed by atoms with Crippen molar-refractivity contribution in [3.63, 3.8) is 0 Å². The summed E-state index contributed by atoms with van der Waals surface area (Å²) in [6, 6.07) is 8.27. The van der Waals surface area contributed by atoms with Crippen molar-refractivity contribution in [3.8, 4) is 28.7 Å². The molecule has 3 rings (SSSR count). The van der Waals surface area contributed by atoms with Gasteiger partial charge in [0.2, 0.25) is 0 Å². The maximum Gasteiger partial charge on any atom is 0.573 e. The Morgan fingerprint density at radius 3 is 2.69 bits per heavy atom. The Hall–Kier alpha value is -3.67. The number of aliphatic carboxylic acids is 1. The number of nitriles is 1. The summed E-state index contributed by atoms with van der Waals surface area (Å²) in [6.45, 7) is 1.13. The zero-order valence-electron chi connectivity index (χ0n) is 16.8. The molecule has 6 nitrogen and oxygen atoms in total. The maximum atomic E-state index is 12.4. The topological polar surface area (TPSA) is 91.6 Å². The zero-order valence-corrected chi connectivity index (χ0v) is 14.8. The second-order valence-corrected chi connectivity index (χ2v) is 6.02. The highest BCUT2D eigenvalue weighted by atomic mass is 19.4. The molecule has 0 fully saturated rings. The number of carbonyl (C=O) groups is 1. The van der Waals surface area contributed by atoms with Crippen molar-refractivity contribution in [2.75, 3.05) is 18.4 Å². The molecular formula is C20H15F3N2O4. The Labute approximate surface area is 166 Å². The average molecular weight is 406 g/mol. The first kappa shape index (κ1) is 17.4. The van der Waals surface area contributed by atoms with Crippen molar-refractivity contribution < 1.29 is 35.3 Å². The number of hydrogen-bond donors (Lipinski definition) is 2. The molecule has 0 unspecified atom stereocenters. The predicted octanol–water partition coefficient (Wildman–Crippen LogP) is 4.11. The third-order valence-electron chi connectivity index (χ3n) is 4.11. The summed E-state index contributed by atoms with van der Waals surface area (Å²) in [4.78, 5) is 11.0. The lowest BCUT2D eigenvalue weighted by atomic mass is 9.95. The lowest BCUT2D eigenvalue weighted by Crippen LogP contribution is -2.16. The van der Waals surface area contributed by atoms with Gasteiger partial charge in [0.15, 0.2) is 0 Å². The number of anilines is 1. The van der Waals surface area contributed by atoms with Gasteiger partial charge in [-0.2, -0.15) is 5.26 Å². The van der Waals surface area contributed by atoms with Gasteiger partial charge in [-0.15, -0.1) is 13.2 Å². The average Bonchev–Trinajstić information content (AvgIpc) is 2.99. The van der Waals surface area contributed by atoms with E-state index in [9.17, 15) is 23.2 Å². The fraction of sp³-hybridized carbons (Fsp3) is 0.200. The number of hydrogen-bond acceptors (Lipinski definition) is 5. The zero-order chi connectivity index (χ0) is 23.0. The molecule has 29 heavy (non-hydrogen) atoms. The normalized spacial score (nSPS) is 15.2. The fourth-order valence-corrected chi connectivity index (χ4v) is 2.78. The van der Waals surface area contributed by atoms with Crippen LogP contribution in [0, 0.1) is 11.3 Å². The number of ether oxygens (including phenoxy) is 2. The van der Waals surface area contributed by atoms with E-state index >= 15 is 0 Å². The molecule has 0 spiro atoms. The van der Waals surface area contributed by atoms with Crippen molar-refractivity contribution in [2.24, 2.45) is 0 Å². The number of nitrogens with one attached hydrogen (secondary N) is 1. The first-order chi connectivity index (χ1) is 14.4. The largest absolute Gasteiger partial charge is 0.573 e. The number of carboxylic acids is 1. The van der Waals surface area contributed by atoms with Crippen molar-refractivity contribution in [1.82, 2.24) is 0 Å². The molecule has 0 aromatic heterocycles. The molecule has 0 radical (unpaired) electrons. The van der Waals surface area contributed by atoms with Crippen LogP contribution < -0.4 is 14.8 Å².